The average molecular weight is 485 g/mol. The number of piperidine rings is 1. The summed E-state index contributed by atoms with van der Waals surface area (Å²) in [5.74, 6) is 1.15. The van der Waals surface area contributed by atoms with Crippen LogP contribution in [0.1, 0.15) is 46.5 Å². The van der Waals surface area contributed by atoms with Crippen LogP contribution in [0, 0.1) is 17.7 Å². The molecule has 2 aliphatic rings. The van der Waals surface area contributed by atoms with E-state index in [9.17, 15) is 14.3 Å². The third-order valence-electron chi connectivity index (χ3n) is 7.26. The number of carboxylic acid groups (broad SMARTS) is 1. The van der Waals surface area contributed by atoms with Gasteiger partial charge in [-0.15, -0.1) is 0 Å². The summed E-state index contributed by atoms with van der Waals surface area (Å²) in [6.07, 6.45) is 2.94. The second kappa shape index (κ2) is 11.2. The molecule has 2 unspecified atom stereocenters. The molecule has 0 spiro atoms. The summed E-state index contributed by atoms with van der Waals surface area (Å²) < 4.78 is 26.7. The van der Waals surface area contributed by atoms with E-state index in [1.807, 2.05) is 31.2 Å². The summed E-state index contributed by atoms with van der Waals surface area (Å²) in [4.78, 5) is 15.5. The Kier molecular flexibility index (Phi) is 8.04. The van der Waals surface area contributed by atoms with Gasteiger partial charge in [0, 0.05) is 49.8 Å². The molecule has 0 bridgehead atoms. The Bertz CT molecular complexity index is 997. The minimum Gasteiger partial charge on any atom is -0.494 e. The van der Waals surface area contributed by atoms with Crippen molar-refractivity contribution in [3.05, 3.63) is 48.3 Å². The third-order valence-corrected chi connectivity index (χ3v) is 7.26. The average Bonchev–Trinajstić information content (AvgIpc) is 3.28. The third kappa shape index (κ3) is 6.00. The SMILES string of the molecule is CCOc1ccc(F)c(N2CCC(Oc3ccc(N4CCC[C@@H]4CC(=O)O)cc3)C(C(C)C)C2)c1. The lowest BCUT2D eigenvalue weighted by atomic mass is 9.85. The molecule has 2 aliphatic heterocycles. The second-order valence-electron chi connectivity index (χ2n) is 9.93. The van der Waals surface area contributed by atoms with Crippen molar-refractivity contribution in [2.24, 2.45) is 11.8 Å². The molecule has 3 atom stereocenters. The summed E-state index contributed by atoms with van der Waals surface area (Å²) in [6, 6.07) is 13.0. The maximum absolute atomic E-state index is 14.7. The molecule has 6 nitrogen and oxygen atoms in total. The molecule has 7 heteroatoms. The van der Waals surface area contributed by atoms with Crippen molar-refractivity contribution >= 4 is 17.3 Å². The summed E-state index contributed by atoms with van der Waals surface area (Å²) in [5.41, 5.74) is 1.63. The molecule has 0 saturated carbocycles. The fourth-order valence-electron chi connectivity index (χ4n) is 5.44. The number of nitrogens with zero attached hydrogens (tertiary/aromatic N) is 2. The molecule has 0 aromatic heterocycles. The van der Waals surface area contributed by atoms with Gasteiger partial charge in [-0.3, -0.25) is 4.79 Å². The molecule has 190 valence electrons. The molecule has 1 N–H and O–H groups in total. The number of carbonyl (C=O) groups is 1. The molecule has 2 aromatic carbocycles. The van der Waals surface area contributed by atoms with E-state index in [-0.39, 0.29) is 30.3 Å². The smallest absolute Gasteiger partial charge is 0.305 e. The largest absolute Gasteiger partial charge is 0.494 e. The standard InChI is InChI=1S/C28H37FN2O4/c1-4-34-23-11-12-25(29)26(17-23)30-15-13-27(24(18-30)19(2)3)35-22-9-7-20(8-10-22)31-14-5-6-21(31)16-28(32)33/h7-12,17,19,21,24,27H,4-6,13-16,18H2,1-3H3,(H,32,33)/t21-,24?,27?/m1/s1. The zero-order valence-electron chi connectivity index (χ0n) is 21.0. The highest BCUT2D eigenvalue weighted by molar-refractivity contribution is 5.69. The van der Waals surface area contributed by atoms with Gasteiger partial charge in [0.05, 0.1) is 18.7 Å². The molecular formula is C28H37FN2O4. The van der Waals surface area contributed by atoms with E-state index < -0.39 is 5.97 Å². The Labute approximate surface area is 207 Å². The van der Waals surface area contributed by atoms with Crippen LogP contribution in [0.5, 0.6) is 11.5 Å². The normalized spacial score (nSPS) is 22.5. The Morgan fingerprint density at radius 3 is 2.54 bits per heavy atom. The first-order valence-corrected chi connectivity index (χ1v) is 12.8. The predicted octanol–water partition coefficient (Wildman–Crippen LogP) is 5.60. The lowest BCUT2D eigenvalue weighted by molar-refractivity contribution is -0.137. The molecule has 2 fully saturated rings. The number of ether oxygens (including phenoxy) is 2. The minimum absolute atomic E-state index is 0.0433. The van der Waals surface area contributed by atoms with E-state index in [0.717, 1.165) is 43.8 Å². The van der Waals surface area contributed by atoms with Gasteiger partial charge < -0.3 is 24.4 Å². The fourth-order valence-corrected chi connectivity index (χ4v) is 5.44. The minimum atomic E-state index is -0.752. The van der Waals surface area contributed by atoms with Crippen molar-refractivity contribution in [1.82, 2.24) is 0 Å². The van der Waals surface area contributed by atoms with E-state index in [1.165, 1.54) is 6.07 Å². The molecule has 4 rings (SSSR count). The number of hydrogen-bond donors (Lipinski definition) is 1. The lowest BCUT2D eigenvalue weighted by Crippen LogP contribution is -2.48. The Morgan fingerprint density at radius 1 is 1.11 bits per heavy atom. The van der Waals surface area contributed by atoms with Crippen molar-refractivity contribution in [2.75, 3.05) is 36.0 Å². The number of anilines is 2. The molecule has 0 aliphatic carbocycles. The van der Waals surface area contributed by atoms with Crippen LogP contribution in [-0.4, -0.2) is 49.5 Å². The molecule has 2 heterocycles. The van der Waals surface area contributed by atoms with Crippen molar-refractivity contribution in [3.8, 4) is 11.5 Å². The van der Waals surface area contributed by atoms with E-state index in [2.05, 4.69) is 23.6 Å². The van der Waals surface area contributed by atoms with Crippen LogP contribution in [0.4, 0.5) is 15.8 Å². The molecule has 0 radical (unpaired) electrons. The number of aliphatic carboxylic acids is 1. The molecule has 0 amide bonds. The maximum Gasteiger partial charge on any atom is 0.305 e. The summed E-state index contributed by atoms with van der Waals surface area (Å²) >= 11 is 0. The van der Waals surface area contributed by atoms with E-state index in [4.69, 9.17) is 9.47 Å². The van der Waals surface area contributed by atoms with Crippen LogP contribution in [0.2, 0.25) is 0 Å². The first kappa shape index (κ1) is 25.1. The molecule has 2 saturated heterocycles. The van der Waals surface area contributed by atoms with Gasteiger partial charge in [-0.05, 0) is 62.1 Å². The first-order valence-electron chi connectivity index (χ1n) is 12.8. The van der Waals surface area contributed by atoms with E-state index in [1.54, 1.807) is 12.1 Å². The highest BCUT2D eigenvalue weighted by atomic mass is 19.1. The Hall–Kier alpha value is -2.96. The van der Waals surface area contributed by atoms with E-state index >= 15 is 0 Å². The van der Waals surface area contributed by atoms with Gasteiger partial charge in [0.15, 0.2) is 0 Å². The van der Waals surface area contributed by atoms with Gasteiger partial charge in [-0.2, -0.15) is 0 Å². The molecular weight excluding hydrogens is 447 g/mol. The number of rotatable bonds is 9. The van der Waals surface area contributed by atoms with Gasteiger partial charge in [0.2, 0.25) is 0 Å². The van der Waals surface area contributed by atoms with Crippen LogP contribution in [0.25, 0.3) is 0 Å². The fraction of sp³-hybridized carbons (Fsp3) is 0.536. The van der Waals surface area contributed by atoms with Gasteiger partial charge in [0.25, 0.3) is 0 Å². The van der Waals surface area contributed by atoms with Crippen LogP contribution in [0.3, 0.4) is 0 Å². The Balaban J connectivity index is 1.43. The maximum atomic E-state index is 14.7. The van der Waals surface area contributed by atoms with Gasteiger partial charge in [-0.1, -0.05) is 13.8 Å². The first-order chi connectivity index (χ1) is 16.9. The zero-order chi connectivity index (χ0) is 24.9. The van der Waals surface area contributed by atoms with Gasteiger partial charge in [0.1, 0.15) is 23.4 Å². The van der Waals surface area contributed by atoms with Crippen LogP contribution in [-0.2, 0) is 4.79 Å². The van der Waals surface area contributed by atoms with Crippen molar-refractivity contribution in [2.45, 2.75) is 58.6 Å². The number of halogens is 1. The Morgan fingerprint density at radius 2 is 1.86 bits per heavy atom. The van der Waals surface area contributed by atoms with Crippen LogP contribution in [0.15, 0.2) is 42.5 Å². The highest BCUT2D eigenvalue weighted by Crippen LogP contribution is 2.35. The zero-order valence-corrected chi connectivity index (χ0v) is 21.0. The number of benzene rings is 2. The summed E-state index contributed by atoms with van der Waals surface area (Å²) in [7, 11) is 0. The molecule has 2 aromatic rings. The quantitative estimate of drug-likeness (QED) is 0.500. The summed E-state index contributed by atoms with van der Waals surface area (Å²) in [6.45, 7) is 9.17. The summed E-state index contributed by atoms with van der Waals surface area (Å²) in [5, 5.41) is 9.20. The van der Waals surface area contributed by atoms with Crippen LogP contribution < -0.4 is 19.3 Å². The monoisotopic (exact) mass is 484 g/mol. The van der Waals surface area contributed by atoms with Crippen molar-refractivity contribution in [3.63, 3.8) is 0 Å². The highest BCUT2D eigenvalue weighted by Gasteiger charge is 2.34. The van der Waals surface area contributed by atoms with Gasteiger partial charge in [-0.25, -0.2) is 4.39 Å². The molecule has 35 heavy (non-hydrogen) atoms. The van der Waals surface area contributed by atoms with E-state index in [0.29, 0.717) is 30.5 Å². The van der Waals surface area contributed by atoms with Gasteiger partial charge >= 0.3 is 5.97 Å². The van der Waals surface area contributed by atoms with Crippen LogP contribution >= 0.6 is 0 Å². The predicted molar refractivity (Wildman–Crippen MR) is 136 cm³/mol. The second-order valence-corrected chi connectivity index (χ2v) is 9.93. The number of carboxylic acids is 1. The topological polar surface area (TPSA) is 62.2 Å². The number of hydrogen-bond acceptors (Lipinski definition) is 5. The van der Waals surface area contributed by atoms with Crippen molar-refractivity contribution < 1.29 is 23.8 Å². The van der Waals surface area contributed by atoms with Crippen molar-refractivity contribution in [1.29, 1.82) is 0 Å². The lowest BCUT2D eigenvalue weighted by Gasteiger charge is -2.41.